The second-order valence-electron chi connectivity index (χ2n) is 6.82. The molecule has 8 nitrogen and oxygen atoms in total. The van der Waals surface area contributed by atoms with E-state index in [1.54, 1.807) is 43.5 Å². The second kappa shape index (κ2) is 11.1. The number of hydrogen-bond donors (Lipinski definition) is 2. The summed E-state index contributed by atoms with van der Waals surface area (Å²) in [5, 5.41) is 15.9. The highest BCUT2D eigenvalue weighted by Crippen LogP contribution is 2.16. The van der Waals surface area contributed by atoms with Crippen molar-refractivity contribution in [2.45, 2.75) is 0 Å². The lowest BCUT2D eigenvalue weighted by Crippen LogP contribution is -2.19. The van der Waals surface area contributed by atoms with Gasteiger partial charge in [0, 0.05) is 29.1 Å². The third-order valence-corrected chi connectivity index (χ3v) is 4.53. The number of nitrogens with one attached hydrogen (secondary N) is 2. The molecule has 0 unspecified atom stereocenters. The third kappa shape index (κ3) is 6.90. The molecule has 0 saturated heterocycles. The van der Waals surface area contributed by atoms with E-state index in [9.17, 15) is 19.7 Å². The molecule has 8 heteroatoms. The first-order valence-corrected chi connectivity index (χ1v) is 9.90. The lowest BCUT2D eigenvalue weighted by Gasteiger charge is -2.08. The molecule has 0 fully saturated rings. The number of rotatable bonds is 8. The number of carbonyl (C=O) groups excluding carboxylic acids is 2. The quantitative estimate of drug-likeness (QED) is 0.153. The summed E-state index contributed by atoms with van der Waals surface area (Å²) < 4.78 is 5.11. The number of benzene rings is 3. The van der Waals surface area contributed by atoms with Crippen LogP contribution in [0.5, 0.6) is 5.75 Å². The summed E-state index contributed by atoms with van der Waals surface area (Å²) in [7, 11) is 1.61. The van der Waals surface area contributed by atoms with Crippen LogP contribution in [0.1, 0.15) is 15.9 Å². The minimum absolute atomic E-state index is 0.0634. The molecule has 0 spiro atoms. The summed E-state index contributed by atoms with van der Waals surface area (Å²) >= 11 is 0. The van der Waals surface area contributed by atoms with Gasteiger partial charge in [-0.3, -0.25) is 14.9 Å². The topological polar surface area (TPSA) is 111 Å². The Morgan fingerprint density at radius 1 is 0.848 bits per heavy atom. The molecule has 0 aliphatic carbocycles. The highest BCUT2D eigenvalue weighted by molar-refractivity contribution is 6.05. The Morgan fingerprint density at radius 3 is 1.97 bits per heavy atom. The van der Waals surface area contributed by atoms with Crippen molar-refractivity contribution in [1.29, 1.82) is 0 Å². The Morgan fingerprint density at radius 2 is 1.42 bits per heavy atom. The van der Waals surface area contributed by atoms with E-state index in [0.29, 0.717) is 16.9 Å². The van der Waals surface area contributed by atoms with Crippen molar-refractivity contribution in [1.82, 2.24) is 0 Å². The molecular weight excluding hydrogens is 422 g/mol. The molecule has 0 saturated carbocycles. The molecule has 3 rings (SSSR count). The molecule has 3 aromatic carbocycles. The number of nitro benzene ring substituents is 1. The number of allylic oxidation sites excluding steroid dienone is 3. The Kier molecular flexibility index (Phi) is 7.69. The Balaban J connectivity index is 1.51. The summed E-state index contributed by atoms with van der Waals surface area (Å²) in [6.45, 7) is 0. The van der Waals surface area contributed by atoms with E-state index >= 15 is 0 Å². The van der Waals surface area contributed by atoms with Crippen molar-refractivity contribution in [2.24, 2.45) is 0 Å². The van der Waals surface area contributed by atoms with Crippen LogP contribution in [0.2, 0.25) is 0 Å². The predicted octanol–water partition coefficient (Wildman–Crippen LogP) is 5.70. The van der Waals surface area contributed by atoms with Crippen LogP contribution < -0.4 is 15.4 Å². The van der Waals surface area contributed by atoms with E-state index in [1.807, 2.05) is 30.3 Å². The molecule has 0 atom stereocenters. The number of hydrogen-bond acceptors (Lipinski definition) is 5. The van der Waals surface area contributed by atoms with E-state index in [4.69, 9.17) is 4.74 Å². The maximum absolute atomic E-state index is 12.3. The van der Waals surface area contributed by atoms with Crippen LogP contribution in [-0.4, -0.2) is 23.8 Å². The average molecular weight is 443 g/mol. The lowest BCUT2D eigenvalue weighted by molar-refractivity contribution is -0.384. The van der Waals surface area contributed by atoms with Gasteiger partial charge >= 0.3 is 6.03 Å². The molecule has 0 aliphatic rings. The summed E-state index contributed by atoms with van der Waals surface area (Å²) in [6, 6.07) is 19.0. The maximum atomic E-state index is 12.3. The zero-order chi connectivity index (χ0) is 23.6. The van der Waals surface area contributed by atoms with Crippen molar-refractivity contribution < 1.29 is 19.2 Å². The fraction of sp³-hybridized carbons (Fsp3) is 0.0400. The molecule has 2 amide bonds. The summed E-state index contributed by atoms with van der Waals surface area (Å²) in [6.07, 6.45) is 6.78. The number of nitrogens with zero attached hydrogens (tertiary/aromatic N) is 1. The van der Waals surface area contributed by atoms with E-state index in [0.717, 1.165) is 11.3 Å². The van der Waals surface area contributed by atoms with E-state index in [2.05, 4.69) is 10.6 Å². The van der Waals surface area contributed by atoms with Gasteiger partial charge in [0.1, 0.15) is 5.75 Å². The summed E-state index contributed by atoms with van der Waals surface area (Å²) in [4.78, 5) is 34.6. The molecule has 166 valence electrons. The molecule has 0 radical (unpaired) electrons. The standard InChI is InChI=1S/C25H21N3O5/c1-33-23-16-6-18(7-17-23)4-2-3-5-24(29)19-8-10-20(11-9-19)26-25(30)27-21-12-14-22(15-13-21)28(31)32/h2-17H,1H3,(H2,26,27,30)/b4-2+,5-3+. The zero-order valence-electron chi connectivity index (χ0n) is 17.7. The first-order chi connectivity index (χ1) is 15.9. The van der Waals surface area contributed by atoms with Crippen molar-refractivity contribution in [3.63, 3.8) is 0 Å². The number of nitro groups is 1. The number of ether oxygens (including phenoxy) is 1. The monoisotopic (exact) mass is 443 g/mol. The predicted molar refractivity (Wildman–Crippen MR) is 128 cm³/mol. The van der Waals surface area contributed by atoms with Crippen molar-refractivity contribution in [2.75, 3.05) is 17.7 Å². The Labute approximate surface area is 190 Å². The SMILES string of the molecule is COc1ccc(/C=C/C=C/C(=O)c2ccc(NC(=O)Nc3ccc([N+](=O)[O-])cc3)cc2)cc1. The molecule has 2 N–H and O–H groups in total. The van der Waals surface area contributed by atoms with Gasteiger partial charge in [-0.1, -0.05) is 30.4 Å². The number of methoxy groups -OCH3 is 1. The van der Waals surface area contributed by atoms with Crippen molar-refractivity contribution in [3.8, 4) is 5.75 Å². The lowest BCUT2D eigenvalue weighted by atomic mass is 10.1. The van der Waals surface area contributed by atoms with Gasteiger partial charge in [0.25, 0.3) is 5.69 Å². The molecular formula is C25H21N3O5. The van der Waals surface area contributed by atoms with Crippen molar-refractivity contribution in [3.05, 3.63) is 112 Å². The van der Waals surface area contributed by atoms with Gasteiger partial charge in [0.05, 0.1) is 12.0 Å². The number of ketones is 1. The molecule has 0 bridgehead atoms. The van der Waals surface area contributed by atoms with Crippen LogP contribution in [0.3, 0.4) is 0 Å². The number of carbonyl (C=O) groups is 2. The second-order valence-corrected chi connectivity index (χ2v) is 6.82. The first-order valence-electron chi connectivity index (χ1n) is 9.90. The van der Waals surface area contributed by atoms with Crippen LogP contribution in [-0.2, 0) is 0 Å². The number of amides is 2. The molecule has 0 aliphatic heterocycles. The van der Waals surface area contributed by atoms with Gasteiger partial charge < -0.3 is 15.4 Å². The molecule has 3 aromatic rings. The smallest absolute Gasteiger partial charge is 0.323 e. The normalized spacial score (nSPS) is 10.8. The van der Waals surface area contributed by atoms with Gasteiger partial charge in [0.15, 0.2) is 5.78 Å². The first kappa shape index (κ1) is 23.0. The maximum Gasteiger partial charge on any atom is 0.323 e. The minimum Gasteiger partial charge on any atom is -0.497 e. The van der Waals surface area contributed by atoms with Crippen LogP contribution >= 0.6 is 0 Å². The zero-order valence-corrected chi connectivity index (χ0v) is 17.7. The highest BCUT2D eigenvalue weighted by atomic mass is 16.6. The van der Waals surface area contributed by atoms with Crippen LogP contribution in [0.15, 0.2) is 91.0 Å². The molecule has 0 heterocycles. The van der Waals surface area contributed by atoms with Crippen LogP contribution in [0.25, 0.3) is 6.08 Å². The number of anilines is 2. The van der Waals surface area contributed by atoms with Gasteiger partial charge in [-0.05, 0) is 60.2 Å². The van der Waals surface area contributed by atoms with Gasteiger partial charge in [-0.15, -0.1) is 0 Å². The fourth-order valence-corrected chi connectivity index (χ4v) is 2.80. The third-order valence-electron chi connectivity index (χ3n) is 4.53. The summed E-state index contributed by atoms with van der Waals surface area (Å²) in [5.41, 5.74) is 2.30. The van der Waals surface area contributed by atoms with Gasteiger partial charge in [-0.25, -0.2) is 4.79 Å². The molecule has 33 heavy (non-hydrogen) atoms. The molecule has 0 aromatic heterocycles. The van der Waals surface area contributed by atoms with Crippen LogP contribution in [0, 0.1) is 10.1 Å². The van der Waals surface area contributed by atoms with Gasteiger partial charge in [0.2, 0.25) is 0 Å². The average Bonchev–Trinajstić information content (AvgIpc) is 2.83. The van der Waals surface area contributed by atoms with Gasteiger partial charge in [-0.2, -0.15) is 0 Å². The minimum atomic E-state index is -0.515. The Hall–Kier alpha value is -4.72. The number of urea groups is 1. The highest BCUT2D eigenvalue weighted by Gasteiger charge is 2.07. The van der Waals surface area contributed by atoms with Crippen molar-refractivity contribution >= 4 is 35.0 Å². The summed E-state index contributed by atoms with van der Waals surface area (Å²) in [5.74, 6) is 0.607. The van der Waals surface area contributed by atoms with E-state index < -0.39 is 11.0 Å². The van der Waals surface area contributed by atoms with Crippen LogP contribution in [0.4, 0.5) is 21.9 Å². The van der Waals surface area contributed by atoms with E-state index in [1.165, 1.54) is 30.3 Å². The largest absolute Gasteiger partial charge is 0.497 e. The fourth-order valence-electron chi connectivity index (χ4n) is 2.80. The number of non-ortho nitro benzene ring substituents is 1. The Bertz CT molecular complexity index is 1180. The van der Waals surface area contributed by atoms with E-state index in [-0.39, 0.29) is 11.5 Å².